The zero-order valence-corrected chi connectivity index (χ0v) is 20.8. The molecule has 35 heavy (non-hydrogen) atoms. The minimum absolute atomic E-state index is 0.0434. The van der Waals surface area contributed by atoms with E-state index in [9.17, 15) is 9.59 Å². The van der Waals surface area contributed by atoms with Crippen molar-refractivity contribution in [2.45, 2.75) is 40.0 Å². The average molecular weight is 482 g/mol. The smallest absolute Gasteiger partial charge is 0.272 e. The molecular formula is C25H31N5O5. The predicted molar refractivity (Wildman–Crippen MR) is 127 cm³/mol. The third-order valence-electron chi connectivity index (χ3n) is 6.19. The Kier molecular flexibility index (Phi) is 7.20. The van der Waals surface area contributed by atoms with Crippen molar-refractivity contribution in [3.63, 3.8) is 0 Å². The molecule has 4 rings (SSSR count). The van der Waals surface area contributed by atoms with Crippen LogP contribution in [0.1, 0.15) is 38.8 Å². The molecule has 0 bridgehead atoms. The van der Waals surface area contributed by atoms with Crippen molar-refractivity contribution >= 4 is 11.8 Å². The normalized spacial score (nSPS) is 16.5. The van der Waals surface area contributed by atoms with Gasteiger partial charge in [0, 0.05) is 32.2 Å². The Balaban J connectivity index is 1.58. The molecule has 0 saturated carbocycles. The van der Waals surface area contributed by atoms with Crippen LogP contribution >= 0.6 is 0 Å². The molecule has 2 aromatic heterocycles. The second kappa shape index (κ2) is 10.3. The van der Waals surface area contributed by atoms with E-state index in [2.05, 4.69) is 10.3 Å². The Morgan fingerprint density at radius 2 is 2.00 bits per heavy atom. The molecule has 1 aromatic carbocycles. The topological polar surface area (TPSA) is 103 Å². The predicted octanol–water partition coefficient (Wildman–Crippen LogP) is 2.41. The van der Waals surface area contributed by atoms with Gasteiger partial charge in [-0.2, -0.15) is 5.10 Å². The fourth-order valence-electron chi connectivity index (χ4n) is 4.26. The van der Waals surface area contributed by atoms with Gasteiger partial charge in [0.15, 0.2) is 0 Å². The molecular weight excluding hydrogens is 450 g/mol. The molecule has 3 aromatic rings. The number of nitrogens with zero attached hydrogens (tertiary/aromatic N) is 5. The van der Waals surface area contributed by atoms with E-state index in [0.29, 0.717) is 24.5 Å². The molecule has 186 valence electrons. The van der Waals surface area contributed by atoms with Gasteiger partial charge < -0.3 is 23.8 Å². The summed E-state index contributed by atoms with van der Waals surface area (Å²) >= 11 is 0. The van der Waals surface area contributed by atoms with E-state index in [1.165, 1.54) is 0 Å². The first-order chi connectivity index (χ1) is 16.7. The van der Waals surface area contributed by atoms with E-state index < -0.39 is 6.10 Å². The van der Waals surface area contributed by atoms with E-state index in [0.717, 1.165) is 28.3 Å². The molecule has 10 heteroatoms. The Morgan fingerprint density at radius 1 is 1.20 bits per heavy atom. The number of amides is 2. The lowest BCUT2D eigenvalue weighted by atomic mass is 10.2. The summed E-state index contributed by atoms with van der Waals surface area (Å²) in [5.41, 5.74) is 3.74. The molecule has 1 saturated heterocycles. The van der Waals surface area contributed by atoms with Gasteiger partial charge in [-0.15, -0.1) is 0 Å². The second-order valence-electron chi connectivity index (χ2n) is 8.84. The molecule has 10 nitrogen and oxygen atoms in total. The van der Waals surface area contributed by atoms with Crippen LogP contribution in [-0.2, 0) is 29.7 Å². The number of rotatable bonds is 7. The van der Waals surface area contributed by atoms with Crippen molar-refractivity contribution in [1.29, 1.82) is 0 Å². The number of aromatic nitrogens is 3. The van der Waals surface area contributed by atoms with Gasteiger partial charge in [-0.05, 0) is 44.5 Å². The molecule has 1 atom stereocenters. The second-order valence-corrected chi connectivity index (χ2v) is 8.84. The number of benzene rings is 1. The fourth-order valence-corrected chi connectivity index (χ4v) is 4.26. The van der Waals surface area contributed by atoms with Crippen molar-refractivity contribution in [1.82, 2.24) is 24.7 Å². The summed E-state index contributed by atoms with van der Waals surface area (Å²) in [6.45, 7) is 6.76. The van der Waals surface area contributed by atoms with Crippen LogP contribution in [0.15, 0.2) is 34.9 Å². The number of hydrogen-bond acceptors (Lipinski definition) is 7. The maximum atomic E-state index is 13.4. The third-order valence-corrected chi connectivity index (χ3v) is 6.19. The molecule has 0 spiro atoms. The number of hydrogen-bond donors (Lipinski definition) is 0. The molecule has 1 fully saturated rings. The summed E-state index contributed by atoms with van der Waals surface area (Å²) in [6, 6.07) is 9.33. The van der Waals surface area contributed by atoms with Gasteiger partial charge in [0.25, 0.3) is 5.91 Å². The highest BCUT2D eigenvalue weighted by molar-refractivity contribution is 5.95. The molecule has 2 amide bonds. The van der Waals surface area contributed by atoms with Gasteiger partial charge >= 0.3 is 0 Å². The van der Waals surface area contributed by atoms with Gasteiger partial charge in [0.1, 0.15) is 23.7 Å². The van der Waals surface area contributed by atoms with Gasteiger partial charge in [-0.1, -0.05) is 17.3 Å². The van der Waals surface area contributed by atoms with Crippen molar-refractivity contribution in [3.8, 4) is 5.75 Å². The SMILES string of the molecule is COc1cccc(CN2C[C@H](OCc3c(C)noc3C)CN(C(=O)c3cc(C)nn3C)CC2=O)c1. The van der Waals surface area contributed by atoms with E-state index in [-0.39, 0.29) is 31.5 Å². The van der Waals surface area contributed by atoms with Gasteiger partial charge in [0.2, 0.25) is 5.91 Å². The summed E-state index contributed by atoms with van der Waals surface area (Å²) in [5, 5.41) is 8.27. The van der Waals surface area contributed by atoms with Gasteiger partial charge in [-0.3, -0.25) is 14.3 Å². The van der Waals surface area contributed by atoms with Crippen LogP contribution in [0, 0.1) is 20.8 Å². The maximum Gasteiger partial charge on any atom is 0.272 e. The summed E-state index contributed by atoms with van der Waals surface area (Å²) in [4.78, 5) is 29.9. The van der Waals surface area contributed by atoms with E-state index in [1.807, 2.05) is 45.0 Å². The highest BCUT2D eigenvalue weighted by Crippen LogP contribution is 2.20. The van der Waals surface area contributed by atoms with E-state index in [4.69, 9.17) is 14.0 Å². The van der Waals surface area contributed by atoms with Crippen molar-refractivity contribution in [3.05, 3.63) is 64.3 Å². The summed E-state index contributed by atoms with van der Waals surface area (Å²) in [6.07, 6.45) is -0.404. The first-order valence-corrected chi connectivity index (χ1v) is 11.5. The largest absolute Gasteiger partial charge is 0.497 e. The number of carbonyl (C=O) groups excluding carboxylic acids is 2. The maximum absolute atomic E-state index is 13.4. The van der Waals surface area contributed by atoms with Crippen LogP contribution in [-0.4, -0.2) is 69.4 Å². The summed E-state index contributed by atoms with van der Waals surface area (Å²) in [7, 11) is 3.33. The number of carbonyl (C=O) groups is 2. The van der Waals surface area contributed by atoms with Crippen LogP contribution in [0.25, 0.3) is 0 Å². The zero-order valence-electron chi connectivity index (χ0n) is 20.8. The molecule has 0 N–H and O–H groups in total. The molecule has 1 aliphatic rings. The number of methoxy groups -OCH3 is 1. The van der Waals surface area contributed by atoms with Crippen LogP contribution in [0.4, 0.5) is 0 Å². The molecule has 0 unspecified atom stereocenters. The average Bonchev–Trinajstić information content (AvgIpc) is 3.29. The van der Waals surface area contributed by atoms with Crippen molar-refractivity contribution < 1.29 is 23.6 Å². The summed E-state index contributed by atoms with van der Waals surface area (Å²) < 4.78 is 18.4. The molecule has 1 aliphatic heterocycles. The minimum Gasteiger partial charge on any atom is -0.497 e. The van der Waals surface area contributed by atoms with Crippen LogP contribution in [0.2, 0.25) is 0 Å². The number of aryl methyl sites for hydroxylation is 4. The Labute approximate surface area is 204 Å². The lowest BCUT2D eigenvalue weighted by Gasteiger charge is -2.25. The minimum atomic E-state index is -0.404. The third kappa shape index (κ3) is 5.54. The molecule has 0 radical (unpaired) electrons. The Morgan fingerprint density at radius 3 is 2.66 bits per heavy atom. The lowest BCUT2D eigenvalue weighted by molar-refractivity contribution is -0.132. The Hall–Kier alpha value is -3.66. The quantitative estimate of drug-likeness (QED) is 0.511. The standard InChI is InChI=1S/C25H31N5O5/c1-16-9-23(28(4)26-16)25(32)30-13-21(34-15-22-17(2)27-35-18(22)3)12-29(24(31)14-30)11-19-7-6-8-20(10-19)33-5/h6-10,21H,11-15H2,1-5H3/t21-/m0/s1. The zero-order chi connectivity index (χ0) is 25.1. The van der Waals surface area contributed by atoms with Crippen LogP contribution in [0.5, 0.6) is 5.75 Å². The monoisotopic (exact) mass is 481 g/mol. The van der Waals surface area contributed by atoms with Crippen LogP contribution < -0.4 is 4.74 Å². The van der Waals surface area contributed by atoms with Crippen molar-refractivity contribution in [2.75, 3.05) is 26.7 Å². The Bertz CT molecular complexity index is 1200. The molecule has 3 heterocycles. The van der Waals surface area contributed by atoms with E-state index >= 15 is 0 Å². The highest BCUT2D eigenvalue weighted by Gasteiger charge is 2.33. The highest BCUT2D eigenvalue weighted by atomic mass is 16.5. The van der Waals surface area contributed by atoms with Gasteiger partial charge in [0.05, 0.1) is 31.2 Å². The number of ether oxygens (including phenoxy) is 2. The van der Waals surface area contributed by atoms with Crippen LogP contribution in [0.3, 0.4) is 0 Å². The lowest BCUT2D eigenvalue weighted by Crippen LogP contribution is -2.40. The summed E-state index contributed by atoms with van der Waals surface area (Å²) in [5.74, 6) is 1.01. The van der Waals surface area contributed by atoms with E-state index in [1.54, 1.807) is 34.7 Å². The van der Waals surface area contributed by atoms with Gasteiger partial charge in [-0.25, -0.2) is 0 Å². The van der Waals surface area contributed by atoms with Crippen molar-refractivity contribution in [2.24, 2.45) is 7.05 Å². The molecule has 0 aliphatic carbocycles. The first kappa shape index (κ1) is 24.5. The fraction of sp³-hybridized carbons (Fsp3) is 0.440. The first-order valence-electron chi connectivity index (χ1n) is 11.5.